The molecule has 0 saturated heterocycles. The Labute approximate surface area is 195 Å². The van der Waals surface area contributed by atoms with Crippen LogP contribution in [0.3, 0.4) is 0 Å². The maximum Gasteiger partial charge on any atom is 0.264 e. The maximum absolute atomic E-state index is 13.4. The van der Waals surface area contributed by atoms with Gasteiger partial charge in [0.2, 0.25) is 5.91 Å². The maximum atomic E-state index is 13.4. The van der Waals surface area contributed by atoms with Crippen molar-refractivity contribution < 1.29 is 22.7 Å². The number of methoxy groups -OCH3 is 2. The Morgan fingerprint density at radius 3 is 2.27 bits per heavy atom. The third kappa shape index (κ3) is 5.64. The van der Waals surface area contributed by atoms with Crippen LogP contribution in [-0.4, -0.2) is 35.1 Å². The van der Waals surface area contributed by atoms with Gasteiger partial charge in [0.1, 0.15) is 6.54 Å². The summed E-state index contributed by atoms with van der Waals surface area (Å²) in [5, 5.41) is 2.88. The quantitative estimate of drug-likeness (QED) is 0.511. The summed E-state index contributed by atoms with van der Waals surface area (Å²) in [5.74, 6) is 0.696. The molecule has 0 aromatic heterocycles. The fourth-order valence-corrected chi connectivity index (χ4v) is 4.87. The van der Waals surface area contributed by atoms with E-state index in [4.69, 9.17) is 9.47 Å². The Morgan fingerprint density at radius 2 is 1.64 bits per heavy atom. The van der Waals surface area contributed by atoms with Crippen LogP contribution in [0.1, 0.15) is 24.1 Å². The Balaban J connectivity index is 1.86. The Bertz CT molecular complexity index is 1210. The van der Waals surface area contributed by atoms with Crippen LogP contribution >= 0.6 is 0 Å². The monoisotopic (exact) mass is 468 g/mol. The molecule has 3 rings (SSSR count). The van der Waals surface area contributed by atoms with Gasteiger partial charge in [-0.15, -0.1) is 0 Å². The standard InChI is InChI=1S/C25H28N2O5S/c1-18-9-8-10-21(15-18)27(33(29,30)22-11-6-5-7-12-22)17-25(28)26-19(2)20-13-14-23(31-3)24(16-20)32-4/h5-16,19H,17H2,1-4H3,(H,26,28)/t19-/m0/s1. The second-order valence-corrected chi connectivity index (χ2v) is 9.43. The molecule has 0 radical (unpaired) electrons. The molecule has 8 heteroatoms. The van der Waals surface area contributed by atoms with E-state index in [1.165, 1.54) is 12.1 Å². The fourth-order valence-electron chi connectivity index (χ4n) is 3.44. The van der Waals surface area contributed by atoms with Crippen LogP contribution in [0.15, 0.2) is 77.7 Å². The molecule has 1 amide bonds. The van der Waals surface area contributed by atoms with Gasteiger partial charge in [0.15, 0.2) is 11.5 Å². The van der Waals surface area contributed by atoms with Gasteiger partial charge in [0.25, 0.3) is 10.0 Å². The first-order chi connectivity index (χ1) is 15.8. The van der Waals surface area contributed by atoms with E-state index in [1.54, 1.807) is 62.8 Å². The van der Waals surface area contributed by atoms with E-state index in [0.29, 0.717) is 17.2 Å². The number of aryl methyl sites for hydroxylation is 1. The Morgan fingerprint density at radius 1 is 0.939 bits per heavy atom. The number of rotatable bonds is 9. The molecule has 0 bridgehead atoms. The topological polar surface area (TPSA) is 84.9 Å². The number of hydrogen-bond acceptors (Lipinski definition) is 5. The molecule has 0 aliphatic heterocycles. The highest BCUT2D eigenvalue weighted by atomic mass is 32.2. The van der Waals surface area contributed by atoms with Crippen LogP contribution in [0.2, 0.25) is 0 Å². The summed E-state index contributed by atoms with van der Waals surface area (Å²) < 4.78 is 38.5. The number of nitrogens with one attached hydrogen (secondary N) is 1. The molecule has 174 valence electrons. The number of carbonyl (C=O) groups excluding carboxylic acids is 1. The van der Waals surface area contributed by atoms with Crippen molar-refractivity contribution in [2.75, 3.05) is 25.1 Å². The van der Waals surface area contributed by atoms with Crippen LogP contribution in [0.5, 0.6) is 11.5 Å². The highest BCUT2D eigenvalue weighted by molar-refractivity contribution is 7.92. The van der Waals surface area contributed by atoms with Crippen molar-refractivity contribution in [2.24, 2.45) is 0 Å². The van der Waals surface area contributed by atoms with E-state index in [2.05, 4.69) is 5.32 Å². The van der Waals surface area contributed by atoms with E-state index in [1.807, 2.05) is 26.0 Å². The molecule has 0 spiro atoms. The van der Waals surface area contributed by atoms with E-state index < -0.39 is 15.9 Å². The van der Waals surface area contributed by atoms with Crippen molar-refractivity contribution in [3.63, 3.8) is 0 Å². The zero-order chi connectivity index (χ0) is 24.0. The van der Waals surface area contributed by atoms with Gasteiger partial charge in [0.05, 0.1) is 30.8 Å². The van der Waals surface area contributed by atoms with Gasteiger partial charge in [-0.05, 0) is 61.4 Å². The van der Waals surface area contributed by atoms with Crippen molar-refractivity contribution >= 4 is 21.6 Å². The first-order valence-corrected chi connectivity index (χ1v) is 11.9. The number of ether oxygens (including phenoxy) is 2. The second-order valence-electron chi connectivity index (χ2n) is 7.57. The lowest BCUT2D eigenvalue weighted by atomic mass is 10.1. The third-order valence-corrected chi connectivity index (χ3v) is 6.98. The van der Waals surface area contributed by atoms with Crippen LogP contribution in [-0.2, 0) is 14.8 Å². The number of carbonyl (C=O) groups is 1. The summed E-state index contributed by atoms with van der Waals surface area (Å²) in [5.41, 5.74) is 2.11. The Kier molecular flexibility index (Phi) is 7.60. The van der Waals surface area contributed by atoms with Gasteiger partial charge in [0, 0.05) is 0 Å². The number of sulfonamides is 1. The molecule has 0 heterocycles. The average Bonchev–Trinajstić information content (AvgIpc) is 2.82. The van der Waals surface area contributed by atoms with Crippen molar-refractivity contribution in [2.45, 2.75) is 24.8 Å². The minimum atomic E-state index is -3.95. The molecule has 3 aromatic carbocycles. The van der Waals surface area contributed by atoms with Crippen molar-refractivity contribution in [1.82, 2.24) is 5.32 Å². The molecule has 0 aliphatic rings. The largest absolute Gasteiger partial charge is 0.493 e. The lowest BCUT2D eigenvalue weighted by molar-refractivity contribution is -0.120. The van der Waals surface area contributed by atoms with E-state index in [9.17, 15) is 13.2 Å². The first kappa shape index (κ1) is 24.1. The van der Waals surface area contributed by atoms with Crippen LogP contribution in [0.25, 0.3) is 0 Å². The molecule has 1 atom stereocenters. The lowest BCUT2D eigenvalue weighted by Gasteiger charge is -2.25. The highest BCUT2D eigenvalue weighted by Crippen LogP contribution is 2.30. The molecule has 33 heavy (non-hydrogen) atoms. The van der Waals surface area contributed by atoms with Crippen LogP contribution in [0.4, 0.5) is 5.69 Å². The van der Waals surface area contributed by atoms with Crippen molar-refractivity contribution in [3.8, 4) is 11.5 Å². The van der Waals surface area contributed by atoms with Gasteiger partial charge in [-0.3, -0.25) is 9.10 Å². The normalized spacial score (nSPS) is 12.0. The van der Waals surface area contributed by atoms with Crippen molar-refractivity contribution in [1.29, 1.82) is 0 Å². The number of anilines is 1. The number of benzene rings is 3. The number of nitrogens with zero attached hydrogens (tertiary/aromatic N) is 1. The SMILES string of the molecule is COc1ccc([C@H](C)NC(=O)CN(c2cccc(C)c2)S(=O)(=O)c2ccccc2)cc1OC. The predicted octanol–water partition coefficient (Wildman–Crippen LogP) is 4.08. The smallest absolute Gasteiger partial charge is 0.264 e. The molecule has 0 aliphatic carbocycles. The molecule has 3 aromatic rings. The molecule has 0 fully saturated rings. The minimum absolute atomic E-state index is 0.118. The molecule has 0 unspecified atom stereocenters. The van der Waals surface area contributed by atoms with E-state index in [-0.39, 0.29) is 17.5 Å². The minimum Gasteiger partial charge on any atom is -0.493 e. The summed E-state index contributed by atoms with van der Waals surface area (Å²) >= 11 is 0. The number of hydrogen-bond donors (Lipinski definition) is 1. The first-order valence-electron chi connectivity index (χ1n) is 10.4. The second kappa shape index (κ2) is 10.4. The summed E-state index contributed by atoms with van der Waals surface area (Å²) in [6, 6.07) is 20.1. The molecule has 0 saturated carbocycles. The molecular formula is C25H28N2O5S. The van der Waals surface area contributed by atoms with Gasteiger partial charge < -0.3 is 14.8 Å². The summed E-state index contributed by atoms with van der Waals surface area (Å²) in [6.45, 7) is 3.33. The molecule has 7 nitrogen and oxygen atoms in total. The Hall–Kier alpha value is -3.52. The number of amides is 1. The highest BCUT2D eigenvalue weighted by Gasteiger charge is 2.27. The third-order valence-electron chi connectivity index (χ3n) is 5.19. The summed E-state index contributed by atoms with van der Waals surface area (Å²) in [7, 11) is -0.858. The van der Waals surface area contributed by atoms with Crippen LogP contribution < -0.4 is 19.1 Å². The zero-order valence-electron chi connectivity index (χ0n) is 19.1. The average molecular weight is 469 g/mol. The van der Waals surface area contributed by atoms with Gasteiger partial charge in [-0.25, -0.2) is 8.42 Å². The van der Waals surface area contributed by atoms with Gasteiger partial charge >= 0.3 is 0 Å². The summed E-state index contributed by atoms with van der Waals surface area (Å²) in [4.78, 5) is 13.1. The predicted molar refractivity (Wildman–Crippen MR) is 128 cm³/mol. The molecule has 1 N–H and O–H groups in total. The van der Waals surface area contributed by atoms with Gasteiger partial charge in [-0.2, -0.15) is 0 Å². The van der Waals surface area contributed by atoms with E-state index in [0.717, 1.165) is 15.4 Å². The zero-order valence-corrected chi connectivity index (χ0v) is 19.9. The molecular weight excluding hydrogens is 440 g/mol. The van der Waals surface area contributed by atoms with Crippen molar-refractivity contribution in [3.05, 3.63) is 83.9 Å². The fraction of sp³-hybridized carbons (Fsp3) is 0.240. The lowest BCUT2D eigenvalue weighted by Crippen LogP contribution is -2.41. The van der Waals surface area contributed by atoms with Crippen LogP contribution in [0, 0.1) is 6.92 Å². The summed E-state index contributed by atoms with van der Waals surface area (Å²) in [6.07, 6.45) is 0. The van der Waals surface area contributed by atoms with E-state index >= 15 is 0 Å². The van der Waals surface area contributed by atoms with Gasteiger partial charge in [-0.1, -0.05) is 36.4 Å².